The van der Waals surface area contributed by atoms with Crippen LogP contribution in [0.3, 0.4) is 0 Å². The molecule has 0 N–H and O–H groups in total. The first kappa shape index (κ1) is 14.2. The minimum Gasteiger partial charge on any atom is -0.468 e. The lowest BCUT2D eigenvalue weighted by molar-refractivity contribution is -0.171. The van der Waals surface area contributed by atoms with Gasteiger partial charge in [-0.25, -0.2) is 0 Å². The minimum atomic E-state index is -1.90. The van der Waals surface area contributed by atoms with E-state index in [0.717, 1.165) is 20.6 Å². The second-order valence-corrected chi connectivity index (χ2v) is 5.77. The van der Waals surface area contributed by atoms with Gasteiger partial charge < -0.3 is 9.47 Å². The number of ether oxygens (including phenoxy) is 2. The molecule has 0 aromatic carbocycles. The van der Waals surface area contributed by atoms with Crippen molar-refractivity contribution in [2.24, 2.45) is 5.41 Å². The molecule has 96 valence electrons. The standard InChI is InChI=1S/C11H15BrO5/c1-10(8(14)16-2,9(15)17-3)7(13)11(12)5-4-6-11/h4-6H2,1-3H3. The van der Waals surface area contributed by atoms with Crippen LogP contribution in [0.15, 0.2) is 0 Å². The molecule has 0 saturated heterocycles. The molecular weight excluding hydrogens is 292 g/mol. The normalized spacial score (nSPS) is 17.9. The van der Waals surface area contributed by atoms with Crippen LogP contribution >= 0.6 is 15.9 Å². The van der Waals surface area contributed by atoms with Crippen LogP contribution in [0.2, 0.25) is 0 Å². The van der Waals surface area contributed by atoms with Crippen LogP contribution in [0.25, 0.3) is 0 Å². The second kappa shape index (κ2) is 4.76. The van der Waals surface area contributed by atoms with Crippen LogP contribution in [0, 0.1) is 5.41 Å². The third kappa shape index (κ3) is 2.10. The smallest absolute Gasteiger partial charge is 0.330 e. The van der Waals surface area contributed by atoms with Crippen molar-refractivity contribution >= 4 is 33.7 Å². The molecule has 0 atom stereocenters. The summed E-state index contributed by atoms with van der Waals surface area (Å²) in [7, 11) is 2.27. The zero-order valence-electron chi connectivity index (χ0n) is 10.0. The Labute approximate surface area is 108 Å². The van der Waals surface area contributed by atoms with Crippen LogP contribution in [0.1, 0.15) is 26.2 Å². The predicted octanol–water partition coefficient (Wildman–Crippen LogP) is 1.23. The van der Waals surface area contributed by atoms with Crippen LogP contribution < -0.4 is 0 Å². The molecule has 0 unspecified atom stereocenters. The monoisotopic (exact) mass is 306 g/mol. The highest BCUT2D eigenvalue weighted by Crippen LogP contribution is 2.45. The van der Waals surface area contributed by atoms with Gasteiger partial charge in [-0.15, -0.1) is 0 Å². The van der Waals surface area contributed by atoms with Crippen molar-refractivity contribution in [2.45, 2.75) is 30.5 Å². The van der Waals surface area contributed by atoms with Crippen molar-refractivity contribution in [3.8, 4) is 0 Å². The highest BCUT2D eigenvalue weighted by Gasteiger charge is 2.59. The van der Waals surface area contributed by atoms with E-state index < -0.39 is 27.5 Å². The Kier molecular flexibility index (Phi) is 3.96. The number of halogens is 1. The Balaban J connectivity index is 3.10. The van der Waals surface area contributed by atoms with Gasteiger partial charge in [-0.05, 0) is 26.2 Å². The van der Waals surface area contributed by atoms with Gasteiger partial charge in [0.1, 0.15) is 0 Å². The highest BCUT2D eigenvalue weighted by atomic mass is 79.9. The van der Waals surface area contributed by atoms with E-state index in [2.05, 4.69) is 25.4 Å². The molecule has 0 aromatic rings. The van der Waals surface area contributed by atoms with Crippen molar-refractivity contribution in [1.82, 2.24) is 0 Å². The summed E-state index contributed by atoms with van der Waals surface area (Å²) in [5.74, 6) is -2.27. The number of alkyl halides is 1. The summed E-state index contributed by atoms with van der Waals surface area (Å²) in [6.07, 6.45) is 2.10. The maximum absolute atomic E-state index is 12.3. The van der Waals surface area contributed by atoms with Crippen molar-refractivity contribution in [3.63, 3.8) is 0 Å². The predicted molar refractivity (Wildman–Crippen MR) is 62.7 cm³/mol. The van der Waals surface area contributed by atoms with Crippen molar-refractivity contribution in [2.75, 3.05) is 14.2 Å². The average Bonchev–Trinajstić information content (AvgIpc) is 2.31. The molecule has 0 radical (unpaired) electrons. The number of hydrogen-bond acceptors (Lipinski definition) is 5. The van der Waals surface area contributed by atoms with Crippen LogP contribution in [0.4, 0.5) is 0 Å². The fraction of sp³-hybridized carbons (Fsp3) is 0.727. The number of hydrogen-bond donors (Lipinski definition) is 0. The van der Waals surface area contributed by atoms with Gasteiger partial charge >= 0.3 is 11.9 Å². The first-order valence-corrected chi connectivity index (χ1v) is 6.03. The van der Waals surface area contributed by atoms with Gasteiger partial charge in [-0.1, -0.05) is 15.9 Å². The summed E-state index contributed by atoms with van der Waals surface area (Å²) in [6.45, 7) is 1.24. The fourth-order valence-electron chi connectivity index (χ4n) is 1.84. The van der Waals surface area contributed by atoms with Crippen LogP contribution in [-0.4, -0.2) is 36.3 Å². The Bertz CT molecular complexity index is 343. The molecule has 0 spiro atoms. The third-order valence-electron chi connectivity index (χ3n) is 3.19. The SMILES string of the molecule is COC(=O)C(C)(C(=O)OC)C(=O)C1(Br)CCC1. The van der Waals surface area contributed by atoms with E-state index in [4.69, 9.17) is 0 Å². The topological polar surface area (TPSA) is 69.7 Å². The highest BCUT2D eigenvalue weighted by molar-refractivity contribution is 9.10. The molecule has 1 saturated carbocycles. The number of carbonyl (C=O) groups excluding carboxylic acids is 3. The molecule has 1 aliphatic rings. The van der Waals surface area contributed by atoms with Gasteiger partial charge in [-0.2, -0.15) is 0 Å². The molecule has 17 heavy (non-hydrogen) atoms. The molecule has 5 nitrogen and oxygen atoms in total. The molecule has 0 amide bonds. The van der Waals surface area contributed by atoms with E-state index >= 15 is 0 Å². The van der Waals surface area contributed by atoms with Gasteiger partial charge in [0.15, 0.2) is 5.78 Å². The zero-order valence-corrected chi connectivity index (χ0v) is 11.6. The molecule has 0 aliphatic heterocycles. The Morgan fingerprint density at radius 1 is 1.12 bits per heavy atom. The maximum Gasteiger partial charge on any atom is 0.330 e. The molecule has 6 heteroatoms. The summed E-state index contributed by atoms with van der Waals surface area (Å²) < 4.78 is 8.28. The molecule has 1 fully saturated rings. The molecule has 0 bridgehead atoms. The molecular formula is C11H15BrO5. The summed E-state index contributed by atoms with van der Waals surface area (Å²) >= 11 is 3.30. The fourth-order valence-corrected chi connectivity index (χ4v) is 2.80. The van der Waals surface area contributed by atoms with Crippen molar-refractivity contribution < 1.29 is 23.9 Å². The quantitative estimate of drug-likeness (QED) is 0.444. The van der Waals surface area contributed by atoms with Gasteiger partial charge in [0, 0.05) is 0 Å². The zero-order chi connectivity index (χ0) is 13.3. The summed E-state index contributed by atoms with van der Waals surface area (Å²) in [5, 5.41) is 0. The number of Topliss-reactive ketones (excluding diaryl/α,β-unsaturated/α-hetero) is 1. The van der Waals surface area contributed by atoms with E-state index in [1.54, 1.807) is 0 Å². The van der Waals surface area contributed by atoms with Gasteiger partial charge in [-0.3, -0.25) is 14.4 Å². The van der Waals surface area contributed by atoms with Gasteiger partial charge in [0.2, 0.25) is 5.41 Å². The first-order chi connectivity index (χ1) is 7.82. The summed E-state index contributed by atoms with van der Waals surface area (Å²) in [4.78, 5) is 35.7. The van der Waals surface area contributed by atoms with Gasteiger partial charge in [0.25, 0.3) is 0 Å². The number of esters is 2. The van der Waals surface area contributed by atoms with E-state index in [-0.39, 0.29) is 0 Å². The summed E-state index contributed by atoms with van der Waals surface area (Å²) in [6, 6.07) is 0. The second-order valence-electron chi connectivity index (χ2n) is 4.26. The largest absolute Gasteiger partial charge is 0.468 e. The first-order valence-electron chi connectivity index (χ1n) is 5.23. The Morgan fingerprint density at radius 3 is 1.76 bits per heavy atom. The van der Waals surface area contributed by atoms with E-state index in [1.807, 2.05) is 0 Å². The molecule has 0 heterocycles. The lowest BCUT2D eigenvalue weighted by Crippen LogP contribution is -2.55. The van der Waals surface area contributed by atoms with Crippen LogP contribution in [0.5, 0.6) is 0 Å². The third-order valence-corrected chi connectivity index (χ3v) is 4.35. The maximum atomic E-state index is 12.3. The van der Waals surface area contributed by atoms with E-state index in [0.29, 0.717) is 12.8 Å². The summed E-state index contributed by atoms with van der Waals surface area (Å²) in [5.41, 5.74) is -1.90. The number of rotatable bonds is 4. The lowest BCUT2D eigenvalue weighted by atomic mass is 9.71. The number of methoxy groups -OCH3 is 2. The lowest BCUT2D eigenvalue weighted by Gasteiger charge is -2.39. The van der Waals surface area contributed by atoms with Crippen LogP contribution in [-0.2, 0) is 23.9 Å². The minimum absolute atomic E-state index is 0.491. The van der Waals surface area contributed by atoms with Crippen molar-refractivity contribution in [1.29, 1.82) is 0 Å². The molecule has 0 aromatic heterocycles. The number of ketones is 1. The van der Waals surface area contributed by atoms with E-state index in [9.17, 15) is 14.4 Å². The Hall–Kier alpha value is -0.910. The Morgan fingerprint density at radius 2 is 1.53 bits per heavy atom. The molecule has 1 aliphatic carbocycles. The van der Waals surface area contributed by atoms with Crippen molar-refractivity contribution in [3.05, 3.63) is 0 Å². The number of carbonyl (C=O) groups is 3. The van der Waals surface area contributed by atoms with Gasteiger partial charge in [0.05, 0.1) is 18.5 Å². The van der Waals surface area contributed by atoms with E-state index in [1.165, 1.54) is 6.92 Å². The molecule has 1 rings (SSSR count). The average molecular weight is 307 g/mol.